The van der Waals surface area contributed by atoms with Crippen molar-refractivity contribution in [3.63, 3.8) is 0 Å². The van der Waals surface area contributed by atoms with E-state index >= 15 is 0 Å². The molecule has 0 aromatic heterocycles. The van der Waals surface area contributed by atoms with E-state index in [4.69, 9.17) is 10.5 Å². The number of nitrogens with one attached hydrogen (secondary N) is 1. The standard InChI is InChI=1S/C32H38N4O5S/c1-31(2,33)30(38)34-27(22-41-21-24-11-5-3-6-12-24)29(37)35-19-17-32(18-20-35)23-36(28-16-10-9-15-26(28)32)42(39,40)25-13-7-4-8-14-25/h3-16,27H,17-23,33H2,1-2H3,(H,34,38)/t27-/m1/s1. The minimum absolute atomic E-state index is 0.00310. The first-order valence-corrected chi connectivity index (χ1v) is 15.6. The molecule has 1 fully saturated rings. The second kappa shape index (κ2) is 11.9. The molecule has 2 aliphatic rings. The predicted octanol–water partition coefficient (Wildman–Crippen LogP) is 3.19. The van der Waals surface area contributed by atoms with Crippen molar-refractivity contribution in [2.75, 3.05) is 30.5 Å². The zero-order valence-electron chi connectivity index (χ0n) is 24.0. The highest BCUT2D eigenvalue weighted by Crippen LogP contribution is 2.48. The molecule has 3 aromatic carbocycles. The monoisotopic (exact) mass is 590 g/mol. The number of rotatable bonds is 9. The Bertz CT molecular complexity index is 1520. The van der Waals surface area contributed by atoms with Crippen molar-refractivity contribution in [2.45, 2.75) is 55.2 Å². The summed E-state index contributed by atoms with van der Waals surface area (Å²) >= 11 is 0. The summed E-state index contributed by atoms with van der Waals surface area (Å²) in [5.41, 5.74) is 7.06. The molecule has 0 aliphatic carbocycles. The lowest BCUT2D eigenvalue weighted by atomic mass is 9.74. The maximum Gasteiger partial charge on any atom is 0.264 e. The Balaban J connectivity index is 1.31. The molecular formula is C32H38N4O5S. The first-order chi connectivity index (χ1) is 20.0. The minimum Gasteiger partial charge on any atom is -0.374 e. The van der Waals surface area contributed by atoms with Crippen molar-refractivity contribution in [2.24, 2.45) is 5.73 Å². The molecule has 2 heterocycles. The van der Waals surface area contributed by atoms with E-state index in [1.165, 1.54) is 4.31 Å². The van der Waals surface area contributed by atoms with Crippen LogP contribution in [-0.2, 0) is 36.4 Å². The van der Waals surface area contributed by atoms with Gasteiger partial charge in [0.25, 0.3) is 10.0 Å². The van der Waals surface area contributed by atoms with E-state index in [9.17, 15) is 18.0 Å². The summed E-state index contributed by atoms with van der Waals surface area (Å²) in [5.74, 6) is -0.681. The number of benzene rings is 3. The summed E-state index contributed by atoms with van der Waals surface area (Å²) in [7, 11) is -3.75. The first kappa shape index (κ1) is 29.8. The third-order valence-corrected chi connectivity index (χ3v) is 9.91. The van der Waals surface area contributed by atoms with Gasteiger partial charge in [-0.1, -0.05) is 66.7 Å². The fourth-order valence-electron chi connectivity index (χ4n) is 5.71. The van der Waals surface area contributed by atoms with Crippen LogP contribution in [0.4, 0.5) is 5.69 Å². The average molecular weight is 591 g/mol. The van der Waals surface area contributed by atoms with E-state index in [0.29, 0.717) is 44.8 Å². The summed E-state index contributed by atoms with van der Waals surface area (Å²) in [5, 5.41) is 2.79. The number of anilines is 1. The third kappa shape index (κ3) is 6.06. The molecule has 2 aliphatic heterocycles. The number of nitrogens with zero attached hydrogens (tertiary/aromatic N) is 2. The van der Waals surface area contributed by atoms with Gasteiger partial charge in [0.1, 0.15) is 6.04 Å². The Morgan fingerprint density at radius 2 is 1.55 bits per heavy atom. The average Bonchev–Trinajstić information content (AvgIpc) is 3.31. The Labute approximate surface area is 247 Å². The predicted molar refractivity (Wildman–Crippen MR) is 161 cm³/mol. The van der Waals surface area contributed by atoms with Crippen LogP contribution >= 0.6 is 0 Å². The Kier molecular flexibility index (Phi) is 8.41. The normalized spacial score (nSPS) is 17.1. The molecule has 1 atom stereocenters. The lowest BCUT2D eigenvalue weighted by Crippen LogP contribution is -2.59. The van der Waals surface area contributed by atoms with Gasteiger partial charge in [-0.05, 0) is 56.0 Å². The molecular weight excluding hydrogens is 552 g/mol. The van der Waals surface area contributed by atoms with E-state index in [1.54, 1.807) is 49.1 Å². The van der Waals surface area contributed by atoms with Crippen LogP contribution in [0.25, 0.3) is 0 Å². The zero-order chi connectivity index (χ0) is 30.0. The Morgan fingerprint density at radius 3 is 2.19 bits per heavy atom. The summed E-state index contributed by atoms with van der Waals surface area (Å²) in [6, 6.07) is 24.8. The number of carbonyl (C=O) groups is 2. The van der Waals surface area contributed by atoms with E-state index in [-0.39, 0.29) is 17.4 Å². The van der Waals surface area contributed by atoms with Crippen LogP contribution in [-0.4, -0.2) is 63.0 Å². The van der Waals surface area contributed by atoms with Gasteiger partial charge >= 0.3 is 0 Å². The molecule has 3 N–H and O–H groups in total. The number of hydrogen-bond acceptors (Lipinski definition) is 6. The highest BCUT2D eigenvalue weighted by Gasteiger charge is 2.49. The number of amides is 2. The van der Waals surface area contributed by atoms with Crippen LogP contribution in [0.5, 0.6) is 0 Å². The quantitative estimate of drug-likeness (QED) is 0.395. The molecule has 0 unspecified atom stereocenters. The number of sulfonamides is 1. The first-order valence-electron chi connectivity index (χ1n) is 14.2. The highest BCUT2D eigenvalue weighted by molar-refractivity contribution is 7.92. The number of para-hydroxylation sites is 1. The van der Waals surface area contributed by atoms with Crippen molar-refractivity contribution in [1.29, 1.82) is 0 Å². The maximum atomic E-state index is 13.7. The number of fused-ring (bicyclic) bond motifs is 2. The van der Waals surface area contributed by atoms with Gasteiger partial charge in [0.15, 0.2) is 0 Å². The minimum atomic E-state index is -3.75. The van der Waals surface area contributed by atoms with Gasteiger partial charge in [0.05, 0.1) is 29.3 Å². The number of nitrogens with two attached hydrogens (primary N) is 1. The van der Waals surface area contributed by atoms with Gasteiger partial charge in [-0.25, -0.2) is 8.42 Å². The third-order valence-electron chi connectivity index (χ3n) is 8.14. The van der Waals surface area contributed by atoms with Crippen molar-refractivity contribution in [1.82, 2.24) is 10.2 Å². The van der Waals surface area contributed by atoms with E-state index in [0.717, 1.165) is 11.1 Å². The molecule has 1 spiro atoms. The summed E-state index contributed by atoms with van der Waals surface area (Å²) in [6.45, 7) is 4.64. The molecule has 10 heteroatoms. The summed E-state index contributed by atoms with van der Waals surface area (Å²) < 4.78 is 34.7. The van der Waals surface area contributed by atoms with Crippen LogP contribution in [0.15, 0.2) is 89.8 Å². The fraction of sp³-hybridized carbons (Fsp3) is 0.375. The highest BCUT2D eigenvalue weighted by atomic mass is 32.2. The second-order valence-electron chi connectivity index (χ2n) is 11.7. The molecule has 9 nitrogen and oxygen atoms in total. The van der Waals surface area contributed by atoms with E-state index in [1.807, 2.05) is 54.6 Å². The number of ether oxygens (including phenoxy) is 1. The molecule has 222 valence electrons. The maximum absolute atomic E-state index is 13.7. The molecule has 2 amide bonds. The van der Waals surface area contributed by atoms with Crippen molar-refractivity contribution < 1.29 is 22.7 Å². The fourth-order valence-corrected chi connectivity index (χ4v) is 7.30. The van der Waals surface area contributed by atoms with Gasteiger partial charge in [0, 0.05) is 25.0 Å². The number of piperidine rings is 1. The molecule has 0 saturated carbocycles. The van der Waals surface area contributed by atoms with Crippen molar-refractivity contribution in [3.8, 4) is 0 Å². The van der Waals surface area contributed by atoms with Gasteiger partial charge in [-0.3, -0.25) is 13.9 Å². The molecule has 3 aromatic rings. The molecule has 5 rings (SSSR count). The molecule has 42 heavy (non-hydrogen) atoms. The smallest absolute Gasteiger partial charge is 0.264 e. The largest absolute Gasteiger partial charge is 0.374 e. The Hall–Kier alpha value is -3.73. The zero-order valence-corrected chi connectivity index (χ0v) is 24.8. The number of hydrogen-bond donors (Lipinski definition) is 2. The van der Waals surface area contributed by atoms with Crippen LogP contribution in [0.3, 0.4) is 0 Å². The summed E-state index contributed by atoms with van der Waals surface area (Å²) in [6.07, 6.45) is 1.18. The molecule has 0 bridgehead atoms. The number of carbonyl (C=O) groups excluding carboxylic acids is 2. The Morgan fingerprint density at radius 1 is 0.952 bits per heavy atom. The SMILES string of the molecule is CC(C)(N)C(=O)N[C@H](COCc1ccccc1)C(=O)N1CCC2(CC1)CN(S(=O)(=O)c1ccccc1)c1ccccc12. The van der Waals surface area contributed by atoms with Crippen molar-refractivity contribution in [3.05, 3.63) is 96.1 Å². The van der Waals surface area contributed by atoms with Gasteiger partial charge in [-0.2, -0.15) is 0 Å². The van der Waals surface area contributed by atoms with Gasteiger partial charge in [-0.15, -0.1) is 0 Å². The van der Waals surface area contributed by atoms with E-state index in [2.05, 4.69) is 5.32 Å². The lowest BCUT2D eigenvalue weighted by molar-refractivity contribution is -0.140. The van der Waals surface area contributed by atoms with Crippen LogP contribution < -0.4 is 15.4 Å². The molecule has 1 saturated heterocycles. The van der Waals surface area contributed by atoms with Crippen LogP contribution in [0, 0.1) is 0 Å². The molecule has 0 radical (unpaired) electrons. The van der Waals surface area contributed by atoms with Gasteiger partial charge in [0.2, 0.25) is 11.8 Å². The van der Waals surface area contributed by atoms with Gasteiger partial charge < -0.3 is 20.7 Å². The topological polar surface area (TPSA) is 122 Å². The van der Waals surface area contributed by atoms with Crippen LogP contribution in [0.1, 0.15) is 37.8 Å². The number of likely N-dealkylation sites (tertiary alicyclic amines) is 1. The second-order valence-corrected chi connectivity index (χ2v) is 13.6. The van der Waals surface area contributed by atoms with Crippen LogP contribution in [0.2, 0.25) is 0 Å². The summed E-state index contributed by atoms with van der Waals surface area (Å²) in [4.78, 5) is 28.5. The lowest BCUT2D eigenvalue weighted by Gasteiger charge is -2.41. The van der Waals surface area contributed by atoms with E-state index < -0.39 is 32.9 Å². The van der Waals surface area contributed by atoms with Crippen molar-refractivity contribution >= 4 is 27.5 Å².